The Morgan fingerprint density at radius 2 is 1.91 bits per heavy atom. The highest BCUT2D eigenvalue weighted by molar-refractivity contribution is 9.11. The van der Waals surface area contributed by atoms with Gasteiger partial charge in [0, 0.05) is 30.1 Å². The molecule has 0 saturated heterocycles. The van der Waals surface area contributed by atoms with Crippen molar-refractivity contribution < 1.29 is 9.53 Å². The Labute approximate surface area is 146 Å². The third-order valence-corrected chi connectivity index (χ3v) is 4.49. The van der Waals surface area contributed by atoms with E-state index < -0.39 is 5.60 Å². The van der Waals surface area contributed by atoms with Crippen molar-refractivity contribution >= 4 is 33.4 Å². The second-order valence-corrected chi connectivity index (χ2v) is 9.73. The molecule has 22 heavy (non-hydrogen) atoms. The number of carbonyl (C=O) groups excluding carboxylic acids is 1. The Bertz CT molecular complexity index is 489. The highest BCUT2D eigenvalue weighted by Gasteiger charge is 2.30. The van der Waals surface area contributed by atoms with Gasteiger partial charge >= 0.3 is 6.09 Å². The molecular formula is C16H27BrN2O2S. The minimum atomic E-state index is -0.475. The van der Waals surface area contributed by atoms with Gasteiger partial charge in [-0.05, 0) is 69.6 Å². The average molecular weight is 391 g/mol. The van der Waals surface area contributed by atoms with Gasteiger partial charge in [-0.3, -0.25) is 0 Å². The van der Waals surface area contributed by atoms with Gasteiger partial charge in [0.05, 0.1) is 3.79 Å². The Balaban J connectivity index is 2.50. The molecule has 1 aromatic heterocycles. The number of halogens is 1. The summed E-state index contributed by atoms with van der Waals surface area (Å²) >= 11 is 5.17. The Morgan fingerprint density at radius 3 is 2.36 bits per heavy atom. The van der Waals surface area contributed by atoms with Crippen molar-refractivity contribution in [1.29, 1.82) is 0 Å². The van der Waals surface area contributed by atoms with Crippen LogP contribution in [-0.4, -0.2) is 35.2 Å². The van der Waals surface area contributed by atoms with Crippen LogP contribution in [-0.2, 0) is 11.3 Å². The molecular weight excluding hydrogens is 364 g/mol. The molecule has 1 N–H and O–H groups in total. The maximum atomic E-state index is 12.3. The molecule has 126 valence electrons. The van der Waals surface area contributed by atoms with Crippen LogP contribution in [0.15, 0.2) is 15.9 Å². The molecule has 0 unspecified atom stereocenters. The molecule has 1 heterocycles. The van der Waals surface area contributed by atoms with E-state index in [1.807, 2.05) is 47.6 Å². The Hall–Kier alpha value is -0.590. The van der Waals surface area contributed by atoms with E-state index >= 15 is 0 Å². The molecule has 0 fully saturated rings. The van der Waals surface area contributed by atoms with E-state index in [4.69, 9.17) is 4.74 Å². The van der Waals surface area contributed by atoms with Crippen LogP contribution in [0.4, 0.5) is 4.79 Å². The van der Waals surface area contributed by atoms with E-state index in [9.17, 15) is 4.79 Å². The summed E-state index contributed by atoms with van der Waals surface area (Å²) in [6.45, 7) is 13.9. The number of rotatable bonds is 5. The third kappa shape index (κ3) is 7.11. The number of nitrogens with one attached hydrogen (secondary N) is 1. The van der Waals surface area contributed by atoms with Gasteiger partial charge < -0.3 is 15.0 Å². The van der Waals surface area contributed by atoms with Crippen LogP contribution in [0.2, 0.25) is 0 Å². The van der Waals surface area contributed by atoms with Gasteiger partial charge in [-0.1, -0.05) is 0 Å². The summed E-state index contributed by atoms with van der Waals surface area (Å²) in [4.78, 5) is 15.4. The number of ether oxygens (including phenoxy) is 1. The van der Waals surface area contributed by atoms with Gasteiger partial charge in [0.25, 0.3) is 0 Å². The van der Waals surface area contributed by atoms with Crippen LogP contribution < -0.4 is 5.32 Å². The normalized spacial score (nSPS) is 12.3. The lowest BCUT2D eigenvalue weighted by Gasteiger charge is -2.36. The fourth-order valence-corrected chi connectivity index (χ4v) is 3.32. The van der Waals surface area contributed by atoms with Gasteiger partial charge in [-0.25, -0.2) is 4.79 Å². The number of carbonyl (C=O) groups is 1. The summed E-state index contributed by atoms with van der Waals surface area (Å²) in [7, 11) is 0. The molecule has 0 bridgehead atoms. The summed E-state index contributed by atoms with van der Waals surface area (Å²) in [6.07, 6.45) is -0.263. The lowest BCUT2D eigenvalue weighted by molar-refractivity contribution is 0.00664. The minimum Gasteiger partial charge on any atom is -0.444 e. The molecule has 1 rings (SSSR count). The molecule has 6 heteroatoms. The largest absolute Gasteiger partial charge is 0.444 e. The summed E-state index contributed by atoms with van der Waals surface area (Å²) in [6, 6.07) is 4.14. The van der Waals surface area contributed by atoms with Crippen LogP contribution in [0.25, 0.3) is 0 Å². The van der Waals surface area contributed by atoms with Crippen molar-refractivity contribution in [2.75, 3.05) is 13.1 Å². The second-order valence-electron chi connectivity index (χ2n) is 7.19. The molecule has 0 aliphatic heterocycles. The number of hydrogen-bond acceptors (Lipinski definition) is 4. The molecule has 0 saturated carbocycles. The minimum absolute atomic E-state index is 0.263. The monoisotopic (exact) mass is 390 g/mol. The van der Waals surface area contributed by atoms with Crippen molar-refractivity contribution in [3.63, 3.8) is 0 Å². The van der Waals surface area contributed by atoms with Crippen LogP contribution in [0.1, 0.15) is 46.4 Å². The molecule has 1 amide bonds. The van der Waals surface area contributed by atoms with Crippen LogP contribution in [0.5, 0.6) is 0 Å². The number of hydrogen-bond donors (Lipinski definition) is 1. The first-order valence-electron chi connectivity index (χ1n) is 7.44. The summed E-state index contributed by atoms with van der Waals surface area (Å²) in [5, 5.41) is 3.38. The molecule has 4 nitrogen and oxygen atoms in total. The Kier molecular flexibility index (Phi) is 6.89. The van der Waals surface area contributed by atoms with Gasteiger partial charge in [-0.2, -0.15) is 0 Å². The highest BCUT2D eigenvalue weighted by Crippen LogP contribution is 2.22. The quantitative estimate of drug-likeness (QED) is 0.744. The molecule has 0 aliphatic carbocycles. The van der Waals surface area contributed by atoms with Gasteiger partial charge in [0.1, 0.15) is 5.60 Å². The van der Waals surface area contributed by atoms with E-state index in [1.54, 1.807) is 16.2 Å². The van der Waals surface area contributed by atoms with Crippen LogP contribution >= 0.6 is 27.3 Å². The molecule has 0 radical (unpaired) electrons. The summed E-state index contributed by atoms with van der Waals surface area (Å²) < 4.78 is 6.63. The fraction of sp³-hybridized carbons (Fsp3) is 0.688. The zero-order valence-electron chi connectivity index (χ0n) is 14.3. The van der Waals surface area contributed by atoms with Crippen molar-refractivity contribution in [2.45, 2.75) is 59.2 Å². The topological polar surface area (TPSA) is 41.6 Å². The molecule has 1 aromatic rings. The summed E-state index contributed by atoms with van der Waals surface area (Å²) in [5.74, 6) is 0. The van der Waals surface area contributed by atoms with Crippen LogP contribution in [0.3, 0.4) is 0 Å². The number of amides is 1. The van der Waals surface area contributed by atoms with E-state index in [0.29, 0.717) is 6.54 Å². The standard InChI is InChI=1S/C16H27BrN2O2S/c1-15(2,3)19(14(20)21-16(4,5)6)10-9-18-11-12-7-8-13(17)22-12/h7-8,18H,9-11H2,1-6H3. The summed E-state index contributed by atoms with van der Waals surface area (Å²) in [5.41, 5.74) is -0.743. The number of nitrogens with zero attached hydrogens (tertiary/aromatic N) is 1. The zero-order chi connectivity index (χ0) is 17.0. The van der Waals surface area contributed by atoms with Crippen LogP contribution in [0, 0.1) is 0 Å². The zero-order valence-corrected chi connectivity index (χ0v) is 16.7. The average Bonchev–Trinajstić information content (AvgIpc) is 2.70. The SMILES string of the molecule is CC(C)(C)OC(=O)N(CCNCc1ccc(Br)s1)C(C)(C)C. The number of thiophene rings is 1. The van der Waals surface area contributed by atoms with E-state index in [0.717, 1.165) is 16.9 Å². The third-order valence-electron chi connectivity index (χ3n) is 2.86. The van der Waals surface area contributed by atoms with Gasteiger partial charge in [0.2, 0.25) is 0 Å². The van der Waals surface area contributed by atoms with Crippen molar-refractivity contribution in [1.82, 2.24) is 10.2 Å². The first-order valence-corrected chi connectivity index (χ1v) is 9.05. The predicted octanol–water partition coefficient (Wildman–Crippen LogP) is 4.64. The first-order chi connectivity index (χ1) is 9.99. The van der Waals surface area contributed by atoms with E-state index in [-0.39, 0.29) is 11.6 Å². The van der Waals surface area contributed by atoms with Gasteiger partial charge in [-0.15, -0.1) is 11.3 Å². The fourth-order valence-electron chi connectivity index (χ4n) is 1.87. The first kappa shape index (κ1) is 19.5. The molecule has 0 spiro atoms. The highest BCUT2D eigenvalue weighted by atomic mass is 79.9. The molecule has 0 atom stereocenters. The van der Waals surface area contributed by atoms with Crippen molar-refractivity contribution in [3.8, 4) is 0 Å². The van der Waals surface area contributed by atoms with Crippen molar-refractivity contribution in [2.24, 2.45) is 0 Å². The van der Waals surface area contributed by atoms with Gasteiger partial charge in [0.15, 0.2) is 0 Å². The maximum absolute atomic E-state index is 12.3. The molecule has 0 aromatic carbocycles. The lowest BCUT2D eigenvalue weighted by atomic mass is 10.1. The maximum Gasteiger partial charge on any atom is 0.410 e. The Morgan fingerprint density at radius 1 is 1.27 bits per heavy atom. The van der Waals surface area contributed by atoms with Crippen molar-refractivity contribution in [3.05, 3.63) is 20.8 Å². The van der Waals surface area contributed by atoms with E-state index in [2.05, 4.69) is 27.3 Å². The van der Waals surface area contributed by atoms with E-state index in [1.165, 1.54) is 4.88 Å². The lowest BCUT2D eigenvalue weighted by Crippen LogP contribution is -2.50. The predicted molar refractivity (Wildman–Crippen MR) is 96.4 cm³/mol. The second kappa shape index (κ2) is 7.79. The molecule has 0 aliphatic rings. The smallest absolute Gasteiger partial charge is 0.410 e.